The lowest BCUT2D eigenvalue weighted by atomic mass is 10.2. The maximum Gasteiger partial charge on any atom is 0.125 e. The second kappa shape index (κ2) is 6.05. The Morgan fingerprint density at radius 3 is 2.80 bits per heavy atom. The third-order valence-corrected chi connectivity index (χ3v) is 4.28. The first-order valence-electron chi connectivity index (χ1n) is 8.19. The highest BCUT2D eigenvalue weighted by molar-refractivity contribution is 5.79. The Balaban J connectivity index is 1.77. The number of nitrogens with two attached hydrogens (primary N) is 1. The summed E-state index contributed by atoms with van der Waals surface area (Å²) in [6.07, 6.45) is 2.32. The molecule has 5 nitrogen and oxygen atoms in total. The van der Waals surface area contributed by atoms with Crippen LogP contribution in [0.4, 0.5) is 10.1 Å². The smallest absolute Gasteiger partial charge is 0.125 e. The Labute approximate surface area is 144 Å². The maximum atomic E-state index is 13.5. The summed E-state index contributed by atoms with van der Waals surface area (Å²) in [5, 5.41) is 4.34. The molecule has 0 spiro atoms. The van der Waals surface area contributed by atoms with Crippen LogP contribution < -0.4 is 5.73 Å². The molecule has 0 amide bonds. The van der Waals surface area contributed by atoms with Crippen molar-refractivity contribution in [3.63, 3.8) is 0 Å². The summed E-state index contributed by atoms with van der Waals surface area (Å²) in [5.74, 6) is 0.650. The van der Waals surface area contributed by atoms with Gasteiger partial charge >= 0.3 is 0 Å². The first-order valence-corrected chi connectivity index (χ1v) is 8.19. The molecule has 0 saturated heterocycles. The van der Waals surface area contributed by atoms with Crippen molar-refractivity contribution in [2.75, 3.05) is 5.73 Å². The predicted molar refractivity (Wildman–Crippen MR) is 96.1 cm³/mol. The van der Waals surface area contributed by atoms with Crippen LogP contribution in [0.5, 0.6) is 0 Å². The summed E-state index contributed by atoms with van der Waals surface area (Å²) < 4.78 is 17.5. The van der Waals surface area contributed by atoms with E-state index >= 15 is 0 Å². The van der Waals surface area contributed by atoms with Gasteiger partial charge in [-0.25, -0.2) is 14.1 Å². The van der Waals surface area contributed by atoms with Gasteiger partial charge in [-0.05, 0) is 49.4 Å². The fourth-order valence-electron chi connectivity index (χ4n) is 3.15. The summed E-state index contributed by atoms with van der Waals surface area (Å²) in [6, 6.07) is 14.1. The molecule has 0 bridgehead atoms. The van der Waals surface area contributed by atoms with Crippen molar-refractivity contribution < 1.29 is 4.39 Å². The van der Waals surface area contributed by atoms with Gasteiger partial charge in [0.25, 0.3) is 0 Å². The third kappa shape index (κ3) is 2.76. The normalized spacial score (nSPS) is 11.3. The number of aromatic nitrogens is 4. The Morgan fingerprint density at radius 2 is 2.00 bits per heavy atom. The van der Waals surface area contributed by atoms with Gasteiger partial charge in [0.05, 0.1) is 22.4 Å². The molecule has 0 saturated carbocycles. The van der Waals surface area contributed by atoms with Crippen molar-refractivity contribution in [2.45, 2.75) is 19.9 Å². The number of halogens is 1. The van der Waals surface area contributed by atoms with Crippen molar-refractivity contribution in [2.24, 2.45) is 0 Å². The SMILES string of the molecule is CCn1c(Cc2ccnn2-c2cccc(F)c2)nc2cc(N)ccc21. The molecule has 0 aliphatic carbocycles. The van der Waals surface area contributed by atoms with Crippen molar-refractivity contribution in [3.05, 3.63) is 72.1 Å². The van der Waals surface area contributed by atoms with Crippen molar-refractivity contribution in [1.29, 1.82) is 0 Å². The van der Waals surface area contributed by atoms with Gasteiger partial charge in [0.1, 0.15) is 11.6 Å². The zero-order valence-electron chi connectivity index (χ0n) is 13.9. The number of aryl methyl sites for hydroxylation is 1. The van der Waals surface area contributed by atoms with Crippen LogP contribution in [0, 0.1) is 5.82 Å². The Hall–Kier alpha value is -3.15. The molecule has 2 heterocycles. The standard InChI is InChI=1S/C19H18FN5/c1-2-24-18-7-6-14(21)11-17(18)23-19(24)12-16-8-9-22-25(16)15-5-3-4-13(20)10-15/h3-11H,2,12,21H2,1H3. The van der Waals surface area contributed by atoms with Crippen LogP contribution in [-0.2, 0) is 13.0 Å². The molecule has 0 atom stereocenters. The van der Waals surface area contributed by atoms with Gasteiger partial charge in [-0.2, -0.15) is 5.10 Å². The zero-order chi connectivity index (χ0) is 17.4. The van der Waals surface area contributed by atoms with Crippen LogP contribution in [0.2, 0.25) is 0 Å². The molecule has 0 unspecified atom stereocenters. The first kappa shape index (κ1) is 15.4. The number of rotatable bonds is 4. The minimum absolute atomic E-state index is 0.282. The fraction of sp³-hybridized carbons (Fsp3) is 0.158. The maximum absolute atomic E-state index is 13.5. The second-order valence-electron chi connectivity index (χ2n) is 5.91. The highest BCUT2D eigenvalue weighted by Crippen LogP contribution is 2.22. The number of hydrogen-bond donors (Lipinski definition) is 1. The van der Waals surface area contributed by atoms with Crippen molar-refractivity contribution >= 4 is 16.7 Å². The largest absolute Gasteiger partial charge is 0.399 e. The molecular formula is C19H18FN5. The first-order chi connectivity index (χ1) is 12.2. The van der Waals surface area contributed by atoms with E-state index in [9.17, 15) is 4.39 Å². The number of hydrogen-bond acceptors (Lipinski definition) is 3. The van der Waals surface area contributed by atoms with E-state index < -0.39 is 0 Å². The molecule has 4 aromatic rings. The van der Waals surface area contributed by atoms with Crippen molar-refractivity contribution in [3.8, 4) is 5.69 Å². The quantitative estimate of drug-likeness (QED) is 0.580. The second-order valence-corrected chi connectivity index (χ2v) is 5.91. The van der Waals surface area contributed by atoms with Gasteiger partial charge < -0.3 is 10.3 Å². The van der Waals surface area contributed by atoms with Gasteiger partial charge in [-0.15, -0.1) is 0 Å². The van der Waals surface area contributed by atoms with Gasteiger partial charge in [0.2, 0.25) is 0 Å². The van der Waals surface area contributed by atoms with E-state index in [0.717, 1.165) is 29.1 Å². The van der Waals surface area contributed by atoms with E-state index in [2.05, 4.69) is 16.6 Å². The van der Waals surface area contributed by atoms with Gasteiger partial charge in [0, 0.05) is 24.8 Å². The molecule has 2 aromatic heterocycles. The van der Waals surface area contributed by atoms with Gasteiger partial charge in [-0.1, -0.05) is 6.07 Å². The van der Waals surface area contributed by atoms with E-state index in [0.29, 0.717) is 17.8 Å². The minimum Gasteiger partial charge on any atom is -0.399 e. The summed E-state index contributed by atoms with van der Waals surface area (Å²) in [7, 11) is 0. The van der Waals surface area contributed by atoms with E-state index in [4.69, 9.17) is 10.7 Å². The topological polar surface area (TPSA) is 61.7 Å². The van der Waals surface area contributed by atoms with Crippen LogP contribution in [0.15, 0.2) is 54.7 Å². The Morgan fingerprint density at radius 1 is 1.12 bits per heavy atom. The van der Waals surface area contributed by atoms with Gasteiger partial charge in [0.15, 0.2) is 0 Å². The minimum atomic E-state index is -0.282. The average molecular weight is 335 g/mol. The summed E-state index contributed by atoms with van der Waals surface area (Å²) in [6.45, 7) is 2.90. The molecule has 2 aromatic carbocycles. The van der Waals surface area contributed by atoms with Gasteiger partial charge in [-0.3, -0.25) is 0 Å². The van der Waals surface area contributed by atoms with Crippen LogP contribution in [0.1, 0.15) is 18.4 Å². The van der Waals surface area contributed by atoms with E-state index in [1.807, 2.05) is 30.3 Å². The van der Waals surface area contributed by atoms with E-state index in [1.165, 1.54) is 12.1 Å². The summed E-state index contributed by atoms with van der Waals surface area (Å²) in [5.41, 5.74) is 10.2. The van der Waals surface area contributed by atoms with Crippen LogP contribution in [0.25, 0.3) is 16.7 Å². The molecule has 0 aliphatic heterocycles. The molecule has 0 radical (unpaired) electrons. The summed E-state index contributed by atoms with van der Waals surface area (Å²) in [4.78, 5) is 4.74. The third-order valence-electron chi connectivity index (χ3n) is 4.28. The van der Waals surface area contributed by atoms with E-state index in [-0.39, 0.29) is 5.82 Å². The number of fused-ring (bicyclic) bond motifs is 1. The highest BCUT2D eigenvalue weighted by Gasteiger charge is 2.13. The van der Waals surface area contributed by atoms with E-state index in [1.54, 1.807) is 16.9 Å². The Bertz CT molecular complexity index is 1050. The summed E-state index contributed by atoms with van der Waals surface area (Å²) >= 11 is 0. The van der Waals surface area contributed by atoms with Crippen LogP contribution in [0.3, 0.4) is 0 Å². The number of nitrogens with zero attached hydrogens (tertiary/aromatic N) is 4. The number of anilines is 1. The lowest BCUT2D eigenvalue weighted by Gasteiger charge is -2.09. The fourth-order valence-corrected chi connectivity index (χ4v) is 3.15. The van der Waals surface area contributed by atoms with Crippen LogP contribution in [-0.4, -0.2) is 19.3 Å². The Kier molecular flexibility index (Phi) is 3.72. The molecule has 2 N–H and O–H groups in total. The van der Waals surface area contributed by atoms with Crippen molar-refractivity contribution in [1.82, 2.24) is 19.3 Å². The highest BCUT2D eigenvalue weighted by atomic mass is 19.1. The lowest BCUT2D eigenvalue weighted by Crippen LogP contribution is -2.07. The molecule has 0 aliphatic rings. The molecule has 0 fully saturated rings. The number of benzene rings is 2. The molecule has 25 heavy (non-hydrogen) atoms. The number of imidazole rings is 1. The predicted octanol–water partition coefficient (Wildman–Crippen LogP) is 3.55. The van der Waals surface area contributed by atoms with Crippen LogP contribution >= 0.6 is 0 Å². The number of nitrogen functional groups attached to an aromatic ring is 1. The molecular weight excluding hydrogens is 317 g/mol. The molecule has 4 rings (SSSR count). The molecule has 6 heteroatoms. The lowest BCUT2D eigenvalue weighted by molar-refractivity contribution is 0.624. The molecule has 126 valence electrons. The zero-order valence-corrected chi connectivity index (χ0v) is 13.9. The average Bonchev–Trinajstić information content (AvgIpc) is 3.18. The monoisotopic (exact) mass is 335 g/mol.